The molecule has 1 atom stereocenters. The van der Waals surface area contributed by atoms with Crippen LogP contribution in [0.15, 0.2) is 42.6 Å². The molecule has 0 saturated carbocycles. The number of aryl methyl sites for hydroxylation is 1. The van der Waals surface area contributed by atoms with Crippen LogP contribution in [0.3, 0.4) is 0 Å². The maximum atomic E-state index is 12.7. The molecule has 1 aliphatic rings. The predicted octanol–water partition coefficient (Wildman–Crippen LogP) is 4.31. The van der Waals surface area contributed by atoms with E-state index in [0.717, 1.165) is 12.1 Å². The van der Waals surface area contributed by atoms with Crippen molar-refractivity contribution in [2.75, 3.05) is 28.6 Å². The van der Waals surface area contributed by atoms with Gasteiger partial charge in [-0.15, -0.1) is 0 Å². The second-order valence-corrected chi connectivity index (χ2v) is 8.21. The molecular formula is C22H22Cl2N6O2. The topological polar surface area (TPSA) is 103 Å². The first-order valence-corrected chi connectivity index (χ1v) is 11.0. The number of aromatic nitrogens is 3. The van der Waals surface area contributed by atoms with E-state index in [1.54, 1.807) is 36.5 Å². The Morgan fingerprint density at radius 1 is 1.19 bits per heavy atom. The lowest BCUT2D eigenvalue weighted by atomic mass is 10.2. The first-order valence-electron chi connectivity index (χ1n) is 10.2. The highest BCUT2D eigenvalue weighted by Crippen LogP contribution is 2.26. The molecule has 1 amide bonds. The molecule has 8 nitrogen and oxygen atoms in total. The van der Waals surface area contributed by atoms with Gasteiger partial charge < -0.3 is 20.6 Å². The van der Waals surface area contributed by atoms with Gasteiger partial charge in [-0.05, 0) is 31.0 Å². The molecule has 166 valence electrons. The zero-order valence-corrected chi connectivity index (χ0v) is 18.9. The fourth-order valence-corrected chi connectivity index (χ4v) is 3.98. The summed E-state index contributed by atoms with van der Waals surface area (Å²) in [6.07, 6.45) is 2.64. The van der Waals surface area contributed by atoms with Gasteiger partial charge in [0.1, 0.15) is 11.6 Å². The minimum absolute atomic E-state index is 0.211. The van der Waals surface area contributed by atoms with Crippen LogP contribution in [0.2, 0.25) is 10.0 Å². The molecule has 32 heavy (non-hydrogen) atoms. The Balaban J connectivity index is 1.53. The van der Waals surface area contributed by atoms with E-state index in [9.17, 15) is 9.90 Å². The van der Waals surface area contributed by atoms with Crippen LogP contribution < -0.4 is 15.5 Å². The number of nitrogens with zero attached hydrogens (tertiary/aromatic N) is 4. The Hall–Kier alpha value is -2.94. The summed E-state index contributed by atoms with van der Waals surface area (Å²) in [6, 6.07) is 10.1. The number of anilines is 4. The molecule has 3 heterocycles. The van der Waals surface area contributed by atoms with E-state index in [2.05, 4.69) is 25.6 Å². The number of β-amino-alcohol motifs (C(OH)–C–C–N with tert-alkyl or cyclic N) is 1. The molecule has 0 spiro atoms. The molecule has 2 aromatic heterocycles. The van der Waals surface area contributed by atoms with Gasteiger partial charge in [-0.1, -0.05) is 36.2 Å². The zero-order chi connectivity index (χ0) is 22.7. The second-order valence-electron chi connectivity index (χ2n) is 7.39. The molecule has 3 N–H and O–H groups in total. The Labute approximate surface area is 195 Å². The summed E-state index contributed by atoms with van der Waals surface area (Å²) in [6.45, 7) is 3.23. The first-order chi connectivity index (χ1) is 15.4. The van der Waals surface area contributed by atoms with Gasteiger partial charge in [0.2, 0.25) is 5.95 Å². The third kappa shape index (κ3) is 5.09. The number of amides is 1. The van der Waals surface area contributed by atoms with E-state index in [-0.39, 0.29) is 21.7 Å². The molecule has 0 bridgehead atoms. The van der Waals surface area contributed by atoms with E-state index >= 15 is 0 Å². The minimum atomic E-state index is -0.414. The van der Waals surface area contributed by atoms with Gasteiger partial charge in [0, 0.05) is 42.8 Å². The van der Waals surface area contributed by atoms with Crippen LogP contribution in [-0.4, -0.2) is 45.2 Å². The van der Waals surface area contributed by atoms with Gasteiger partial charge in [0.15, 0.2) is 0 Å². The number of aliphatic hydroxyl groups is 1. The lowest BCUT2D eigenvalue weighted by Crippen LogP contribution is -2.24. The summed E-state index contributed by atoms with van der Waals surface area (Å²) in [5, 5.41) is 16.4. The molecule has 0 aliphatic carbocycles. The van der Waals surface area contributed by atoms with Crippen molar-refractivity contribution in [2.45, 2.75) is 25.9 Å². The van der Waals surface area contributed by atoms with Gasteiger partial charge >= 0.3 is 0 Å². The van der Waals surface area contributed by atoms with Crippen molar-refractivity contribution < 1.29 is 9.90 Å². The number of hydrogen-bond acceptors (Lipinski definition) is 7. The number of halogens is 2. The molecule has 0 unspecified atom stereocenters. The number of nitrogens with one attached hydrogen (secondary N) is 2. The average Bonchev–Trinajstić information content (AvgIpc) is 3.20. The first kappa shape index (κ1) is 22.3. The smallest absolute Gasteiger partial charge is 0.258 e. The highest BCUT2D eigenvalue weighted by molar-refractivity contribution is 6.40. The summed E-state index contributed by atoms with van der Waals surface area (Å²) in [5.74, 6) is 1.24. The maximum Gasteiger partial charge on any atom is 0.258 e. The van der Waals surface area contributed by atoms with Crippen molar-refractivity contribution >= 4 is 52.4 Å². The highest BCUT2D eigenvalue weighted by Gasteiger charge is 2.23. The van der Waals surface area contributed by atoms with Crippen LogP contribution in [0.25, 0.3) is 0 Å². The van der Waals surface area contributed by atoms with Crippen molar-refractivity contribution in [2.24, 2.45) is 0 Å². The van der Waals surface area contributed by atoms with Crippen LogP contribution in [-0.2, 0) is 6.42 Å². The highest BCUT2D eigenvalue weighted by atomic mass is 35.5. The Morgan fingerprint density at radius 3 is 2.66 bits per heavy atom. The largest absolute Gasteiger partial charge is 0.391 e. The molecule has 1 aliphatic heterocycles. The summed E-state index contributed by atoms with van der Waals surface area (Å²) < 4.78 is 0. The van der Waals surface area contributed by atoms with Gasteiger partial charge in [0.25, 0.3) is 5.91 Å². The molecule has 3 aromatic rings. The number of carbonyl (C=O) groups is 1. The fraction of sp³-hybridized carbons (Fsp3) is 0.273. The van der Waals surface area contributed by atoms with Crippen LogP contribution in [0, 0.1) is 0 Å². The summed E-state index contributed by atoms with van der Waals surface area (Å²) in [4.78, 5) is 28.1. The number of hydrogen-bond donors (Lipinski definition) is 3. The van der Waals surface area contributed by atoms with Crippen LogP contribution in [0.5, 0.6) is 0 Å². The summed E-state index contributed by atoms with van der Waals surface area (Å²) in [7, 11) is 0. The van der Waals surface area contributed by atoms with Crippen molar-refractivity contribution in [3.63, 3.8) is 0 Å². The predicted molar refractivity (Wildman–Crippen MR) is 126 cm³/mol. The van der Waals surface area contributed by atoms with E-state index in [0.29, 0.717) is 42.8 Å². The third-order valence-electron chi connectivity index (χ3n) is 5.04. The van der Waals surface area contributed by atoms with Crippen molar-refractivity contribution in [3.8, 4) is 0 Å². The summed E-state index contributed by atoms with van der Waals surface area (Å²) in [5.41, 5.74) is 1.61. The molecule has 1 fully saturated rings. The normalized spacial score (nSPS) is 15.6. The van der Waals surface area contributed by atoms with Crippen LogP contribution >= 0.6 is 23.2 Å². The monoisotopic (exact) mass is 472 g/mol. The number of rotatable bonds is 6. The Bertz CT molecular complexity index is 1120. The van der Waals surface area contributed by atoms with Crippen molar-refractivity contribution in [3.05, 3.63) is 63.9 Å². The van der Waals surface area contributed by atoms with Gasteiger partial charge in [-0.2, -0.15) is 4.98 Å². The molecule has 4 rings (SSSR count). The van der Waals surface area contributed by atoms with Crippen LogP contribution in [0.4, 0.5) is 23.3 Å². The quantitative estimate of drug-likeness (QED) is 0.490. The van der Waals surface area contributed by atoms with E-state index in [4.69, 9.17) is 23.2 Å². The zero-order valence-electron chi connectivity index (χ0n) is 17.3. The van der Waals surface area contributed by atoms with E-state index in [1.807, 2.05) is 17.9 Å². The van der Waals surface area contributed by atoms with Gasteiger partial charge in [0.05, 0.1) is 21.7 Å². The van der Waals surface area contributed by atoms with Crippen LogP contribution in [0.1, 0.15) is 29.4 Å². The number of pyridine rings is 1. The molecule has 1 saturated heterocycles. The number of carbonyl (C=O) groups excluding carboxylic acids is 1. The van der Waals surface area contributed by atoms with Crippen molar-refractivity contribution in [1.82, 2.24) is 15.0 Å². The minimum Gasteiger partial charge on any atom is -0.391 e. The average molecular weight is 473 g/mol. The standard InChI is InChI=1S/C22H22Cl2N6O2/c1-2-13-10-19(29-22(27-13)30-9-7-15(31)12-30)28-18-11-14(6-8-25-18)26-21(32)20-16(23)4-3-5-17(20)24/h3-6,8,10-11,15,31H,2,7,9,12H2,1H3,(H2,25,26,27,28,29,32)/t15-/m1/s1. The second kappa shape index (κ2) is 9.68. The SMILES string of the molecule is CCc1cc(Nc2cc(NC(=O)c3c(Cl)cccc3Cl)ccn2)nc(N2CC[C@@H](O)C2)n1. The maximum absolute atomic E-state index is 12.7. The molecule has 1 aromatic carbocycles. The molecular weight excluding hydrogens is 451 g/mol. The summed E-state index contributed by atoms with van der Waals surface area (Å²) >= 11 is 12.3. The number of aliphatic hydroxyl groups excluding tert-OH is 1. The fourth-order valence-electron chi connectivity index (χ4n) is 3.41. The van der Waals surface area contributed by atoms with E-state index in [1.165, 1.54) is 0 Å². The number of benzene rings is 1. The third-order valence-corrected chi connectivity index (χ3v) is 5.67. The lowest BCUT2D eigenvalue weighted by Gasteiger charge is -2.17. The van der Waals surface area contributed by atoms with Crippen molar-refractivity contribution in [1.29, 1.82) is 0 Å². The van der Waals surface area contributed by atoms with Gasteiger partial charge in [-0.25, -0.2) is 9.97 Å². The molecule has 0 radical (unpaired) electrons. The Kier molecular flexibility index (Phi) is 6.74. The Morgan fingerprint density at radius 2 is 1.97 bits per heavy atom. The lowest BCUT2D eigenvalue weighted by molar-refractivity contribution is 0.102. The molecule has 10 heteroatoms. The van der Waals surface area contributed by atoms with Gasteiger partial charge in [-0.3, -0.25) is 4.79 Å². The van der Waals surface area contributed by atoms with E-state index < -0.39 is 5.91 Å².